The summed E-state index contributed by atoms with van der Waals surface area (Å²) in [6.07, 6.45) is 8.94. The highest BCUT2D eigenvalue weighted by molar-refractivity contribution is 6.30. The molecule has 2 aromatic heterocycles. The maximum Gasteiger partial charge on any atom is 0.114 e. The van der Waals surface area contributed by atoms with Crippen LogP contribution in [0.4, 0.5) is 0 Å². The van der Waals surface area contributed by atoms with Crippen molar-refractivity contribution in [3.8, 4) is 0 Å². The fourth-order valence-corrected chi connectivity index (χ4v) is 2.80. The molecule has 0 saturated carbocycles. The summed E-state index contributed by atoms with van der Waals surface area (Å²) in [5.41, 5.74) is 1.12. The molecule has 0 radical (unpaired) electrons. The Bertz CT molecular complexity index is 529. The first-order valence-corrected chi connectivity index (χ1v) is 7.04. The van der Waals surface area contributed by atoms with Gasteiger partial charge >= 0.3 is 0 Å². The molecule has 18 heavy (non-hydrogen) atoms. The highest BCUT2D eigenvalue weighted by atomic mass is 35.5. The monoisotopic (exact) mass is 263 g/mol. The minimum absolute atomic E-state index is 0.764. The zero-order valence-electron chi connectivity index (χ0n) is 10.5. The van der Waals surface area contributed by atoms with Gasteiger partial charge in [-0.15, -0.1) is 0 Å². The van der Waals surface area contributed by atoms with Crippen LogP contribution in [-0.2, 0) is 6.42 Å². The summed E-state index contributed by atoms with van der Waals surface area (Å²) >= 11 is 6.04. The topological polar surface area (TPSA) is 20.5 Å². The molecular weight excluding hydrogens is 246 g/mol. The minimum atomic E-state index is 0.764. The van der Waals surface area contributed by atoms with Crippen LogP contribution < -0.4 is 0 Å². The lowest BCUT2D eigenvalue weighted by molar-refractivity contribution is 0.230. The Hall–Kier alpha value is -1.06. The van der Waals surface area contributed by atoms with E-state index < -0.39 is 0 Å². The SMILES string of the molecule is Clc1ccc2cnc(CCN3CCCCC3)n2c1. The van der Waals surface area contributed by atoms with E-state index in [9.17, 15) is 0 Å². The number of rotatable bonds is 3. The Morgan fingerprint density at radius 3 is 2.83 bits per heavy atom. The van der Waals surface area contributed by atoms with Crippen LogP contribution in [0.1, 0.15) is 25.1 Å². The highest BCUT2D eigenvalue weighted by Gasteiger charge is 2.11. The third kappa shape index (κ3) is 2.52. The number of likely N-dealkylation sites (tertiary alicyclic amines) is 1. The lowest BCUT2D eigenvalue weighted by Crippen LogP contribution is -2.31. The van der Waals surface area contributed by atoms with Gasteiger partial charge in [0.15, 0.2) is 0 Å². The second kappa shape index (κ2) is 5.29. The van der Waals surface area contributed by atoms with E-state index >= 15 is 0 Å². The van der Waals surface area contributed by atoms with Crippen molar-refractivity contribution in [2.24, 2.45) is 0 Å². The summed E-state index contributed by atoms with van der Waals surface area (Å²) in [5, 5.41) is 0.764. The molecule has 1 fully saturated rings. The van der Waals surface area contributed by atoms with Gasteiger partial charge in [0.2, 0.25) is 0 Å². The van der Waals surface area contributed by atoms with E-state index in [1.54, 1.807) is 0 Å². The second-order valence-corrected chi connectivity index (χ2v) is 5.41. The van der Waals surface area contributed by atoms with Crippen LogP contribution in [-0.4, -0.2) is 33.9 Å². The third-order valence-electron chi connectivity index (χ3n) is 3.67. The first kappa shape index (κ1) is 12.0. The molecule has 96 valence electrons. The molecule has 3 heterocycles. The smallest absolute Gasteiger partial charge is 0.114 e. The third-order valence-corrected chi connectivity index (χ3v) is 3.89. The van der Waals surface area contributed by atoms with Crippen molar-refractivity contribution >= 4 is 17.1 Å². The van der Waals surface area contributed by atoms with Crippen molar-refractivity contribution in [2.45, 2.75) is 25.7 Å². The molecule has 3 nitrogen and oxygen atoms in total. The Morgan fingerprint density at radius 1 is 1.17 bits per heavy atom. The average molecular weight is 264 g/mol. The molecule has 0 spiro atoms. The fraction of sp³-hybridized carbons (Fsp3) is 0.500. The molecular formula is C14H18ClN3. The van der Waals surface area contributed by atoms with Crippen LogP contribution in [0, 0.1) is 0 Å². The van der Waals surface area contributed by atoms with Crippen LogP contribution in [0.25, 0.3) is 5.52 Å². The molecule has 2 aromatic rings. The van der Waals surface area contributed by atoms with Crippen LogP contribution in [0.3, 0.4) is 0 Å². The van der Waals surface area contributed by atoms with E-state index in [-0.39, 0.29) is 0 Å². The molecule has 0 aromatic carbocycles. The lowest BCUT2D eigenvalue weighted by Gasteiger charge is -2.25. The van der Waals surface area contributed by atoms with Gasteiger partial charge in [-0.1, -0.05) is 18.0 Å². The lowest BCUT2D eigenvalue weighted by atomic mass is 10.1. The van der Waals surface area contributed by atoms with E-state index in [1.165, 1.54) is 32.4 Å². The number of imidazole rings is 1. The average Bonchev–Trinajstić information content (AvgIpc) is 2.80. The molecule has 1 aliphatic rings. The maximum absolute atomic E-state index is 6.04. The van der Waals surface area contributed by atoms with Gasteiger partial charge in [0.1, 0.15) is 5.82 Å². The Labute approximate surface area is 112 Å². The van der Waals surface area contributed by atoms with Crippen LogP contribution >= 0.6 is 11.6 Å². The molecule has 1 saturated heterocycles. The summed E-state index contributed by atoms with van der Waals surface area (Å²) in [6.45, 7) is 3.58. The number of nitrogens with zero attached hydrogens (tertiary/aromatic N) is 3. The molecule has 0 bridgehead atoms. The van der Waals surface area contributed by atoms with E-state index in [1.807, 2.05) is 24.5 Å². The van der Waals surface area contributed by atoms with Gasteiger partial charge in [-0.2, -0.15) is 0 Å². The van der Waals surface area contributed by atoms with E-state index in [0.29, 0.717) is 0 Å². The van der Waals surface area contributed by atoms with Crippen molar-refractivity contribution in [2.75, 3.05) is 19.6 Å². The molecule has 0 aliphatic carbocycles. The van der Waals surface area contributed by atoms with Crippen LogP contribution in [0.15, 0.2) is 24.5 Å². The van der Waals surface area contributed by atoms with E-state index in [0.717, 1.165) is 29.3 Å². The number of piperidine rings is 1. The molecule has 0 unspecified atom stereocenters. The van der Waals surface area contributed by atoms with E-state index in [4.69, 9.17) is 11.6 Å². The number of fused-ring (bicyclic) bond motifs is 1. The molecule has 4 heteroatoms. The van der Waals surface area contributed by atoms with Gasteiger partial charge < -0.3 is 9.30 Å². The Morgan fingerprint density at radius 2 is 2.00 bits per heavy atom. The maximum atomic E-state index is 6.04. The normalized spacial score (nSPS) is 17.4. The van der Waals surface area contributed by atoms with Gasteiger partial charge in [-0.05, 0) is 38.1 Å². The Balaban J connectivity index is 1.72. The summed E-state index contributed by atoms with van der Waals surface area (Å²) in [6, 6.07) is 3.92. The summed E-state index contributed by atoms with van der Waals surface area (Å²) in [4.78, 5) is 7.04. The van der Waals surface area contributed by atoms with Crippen molar-refractivity contribution in [1.29, 1.82) is 0 Å². The zero-order chi connectivity index (χ0) is 12.4. The molecule has 3 rings (SSSR count). The highest BCUT2D eigenvalue weighted by Crippen LogP contribution is 2.14. The minimum Gasteiger partial charge on any atom is -0.303 e. The van der Waals surface area contributed by atoms with Crippen molar-refractivity contribution in [3.63, 3.8) is 0 Å². The number of hydrogen-bond acceptors (Lipinski definition) is 2. The quantitative estimate of drug-likeness (QED) is 0.849. The molecule has 1 aliphatic heterocycles. The predicted octanol–water partition coefficient (Wildman–Crippen LogP) is 3.02. The standard InChI is InChI=1S/C14H18ClN3/c15-12-4-5-13-10-16-14(18(13)11-12)6-9-17-7-2-1-3-8-17/h4-5,10-11H,1-3,6-9H2. The summed E-state index contributed by atoms with van der Waals surface area (Å²) < 4.78 is 2.10. The van der Waals surface area contributed by atoms with Crippen LogP contribution in [0.5, 0.6) is 0 Å². The molecule has 0 N–H and O–H groups in total. The number of hydrogen-bond donors (Lipinski definition) is 0. The largest absolute Gasteiger partial charge is 0.303 e. The number of pyridine rings is 1. The van der Waals surface area contributed by atoms with E-state index in [2.05, 4.69) is 14.3 Å². The number of halogens is 1. The van der Waals surface area contributed by atoms with Crippen LogP contribution in [0.2, 0.25) is 5.02 Å². The summed E-state index contributed by atoms with van der Waals surface area (Å²) in [5.74, 6) is 1.11. The zero-order valence-corrected chi connectivity index (χ0v) is 11.2. The first-order valence-electron chi connectivity index (χ1n) is 6.67. The van der Waals surface area contributed by atoms with Gasteiger partial charge in [-0.3, -0.25) is 0 Å². The Kier molecular flexibility index (Phi) is 3.52. The van der Waals surface area contributed by atoms with Crippen molar-refractivity contribution < 1.29 is 0 Å². The summed E-state index contributed by atoms with van der Waals surface area (Å²) in [7, 11) is 0. The number of aromatic nitrogens is 2. The van der Waals surface area contributed by atoms with Gasteiger partial charge in [-0.25, -0.2) is 4.98 Å². The van der Waals surface area contributed by atoms with Crippen molar-refractivity contribution in [1.82, 2.24) is 14.3 Å². The van der Waals surface area contributed by atoms with Gasteiger partial charge in [0.25, 0.3) is 0 Å². The molecule has 0 atom stereocenters. The second-order valence-electron chi connectivity index (χ2n) is 4.97. The fourth-order valence-electron chi connectivity index (χ4n) is 2.64. The molecule has 0 amide bonds. The van der Waals surface area contributed by atoms with Gasteiger partial charge in [0.05, 0.1) is 16.7 Å². The van der Waals surface area contributed by atoms with Gasteiger partial charge in [0, 0.05) is 19.2 Å². The predicted molar refractivity (Wildman–Crippen MR) is 74.2 cm³/mol. The first-order chi connectivity index (χ1) is 8.83. The van der Waals surface area contributed by atoms with Crippen molar-refractivity contribution in [3.05, 3.63) is 35.4 Å².